The van der Waals surface area contributed by atoms with E-state index in [0.717, 1.165) is 16.3 Å². The summed E-state index contributed by atoms with van der Waals surface area (Å²) in [5, 5.41) is 0.747. The molecule has 0 saturated heterocycles. The van der Waals surface area contributed by atoms with E-state index in [-0.39, 0.29) is 6.10 Å². The summed E-state index contributed by atoms with van der Waals surface area (Å²) in [6.45, 7) is 2.01. The third-order valence-electron chi connectivity index (χ3n) is 1.83. The SMILES string of the molecule is CC1C=Cc2cc(Cl)ccc2O1. The Hall–Kier alpha value is -0.950. The number of ether oxygens (including phenoxy) is 1. The maximum absolute atomic E-state index is 5.82. The summed E-state index contributed by atoms with van der Waals surface area (Å²) < 4.78 is 5.54. The van der Waals surface area contributed by atoms with Crippen LogP contribution < -0.4 is 4.74 Å². The van der Waals surface area contributed by atoms with Crippen molar-refractivity contribution < 1.29 is 4.74 Å². The standard InChI is InChI=1S/C10H9ClO/c1-7-2-3-8-6-9(11)4-5-10(8)12-7/h2-7H,1H3. The summed E-state index contributed by atoms with van der Waals surface area (Å²) in [7, 11) is 0. The summed E-state index contributed by atoms with van der Waals surface area (Å²) >= 11 is 5.82. The van der Waals surface area contributed by atoms with Gasteiger partial charge in [0.25, 0.3) is 0 Å². The van der Waals surface area contributed by atoms with Gasteiger partial charge in [0.05, 0.1) is 0 Å². The highest BCUT2D eigenvalue weighted by Crippen LogP contribution is 2.28. The van der Waals surface area contributed by atoms with E-state index >= 15 is 0 Å². The summed E-state index contributed by atoms with van der Waals surface area (Å²) in [5.41, 5.74) is 1.06. The molecule has 1 aliphatic heterocycles. The number of hydrogen-bond donors (Lipinski definition) is 0. The van der Waals surface area contributed by atoms with Crippen LogP contribution in [0.15, 0.2) is 24.3 Å². The fourth-order valence-corrected chi connectivity index (χ4v) is 1.42. The van der Waals surface area contributed by atoms with E-state index < -0.39 is 0 Å². The van der Waals surface area contributed by atoms with Crippen molar-refractivity contribution in [3.8, 4) is 5.75 Å². The minimum Gasteiger partial charge on any atom is -0.486 e. The third-order valence-corrected chi connectivity index (χ3v) is 2.07. The van der Waals surface area contributed by atoms with Crippen LogP contribution in [0.3, 0.4) is 0 Å². The van der Waals surface area contributed by atoms with Crippen molar-refractivity contribution in [2.45, 2.75) is 13.0 Å². The number of benzene rings is 1. The van der Waals surface area contributed by atoms with Crippen LogP contribution in [0.4, 0.5) is 0 Å². The lowest BCUT2D eigenvalue weighted by atomic mass is 10.1. The Kier molecular flexibility index (Phi) is 1.81. The van der Waals surface area contributed by atoms with Gasteiger partial charge in [0, 0.05) is 10.6 Å². The van der Waals surface area contributed by atoms with E-state index in [1.165, 1.54) is 0 Å². The molecule has 1 heterocycles. The molecule has 0 aliphatic carbocycles. The average molecular weight is 181 g/mol. The highest BCUT2D eigenvalue weighted by Gasteiger charge is 2.09. The van der Waals surface area contributed by atoms with E-state index in [4.69, 9.17) is 16.3 Å². The quantitative estimate of drug-likeness (QED) is 0.596. The summed E-state index contributed by atoms with van der Waals surface area (Å²) in [4.78, 5) is 0. The zero-order valence-corrected chi connectivity index (χ0v) is 7.51. The molecule has 1 aromatic carbocycles. The van der Waals surface area contributed by atoms with Gasteiger partial charge in [-0.2, -0.15) is 0 Å². The van der Waals surface area contributed by atoms with E-state index in [9.17, 15) is 0 Å². The number of fused-ring (bicyclic) bond motifs is 1. The van der Waals surface area contributed by atoms with Crippen LogP contribution in [0.1, 0.15) is 12.5 Å². The monoisotopic (exact) mass is 180 g/mol. The molecule has 2 heteroatoms. The molecule has 0 radical (unpaired) electrons. The lowest BCUT2D eigenvalue weighted by Crippen LogP contribution is -2.11. The Morgan fingerprint density at radius 2 is 2.25 bits per heavy atom. The van der Waals surface area contributed by atoms with E-state index in [2.05, 4.69) is 0 Å². The second kappa shape index (κ2) is 2.83. The maximum atomic E-state index is 5.82. The van der Waals surface area contributed by atoms with Crippen LogP contribution in [0.25, 0.3) is 6.08 Å². The summed E-state index contributed by atoms with van der Waals surface area (Å²) in [6.07, 6.45) is 4.22. The second-order valence-corrected chi connectivity index (χ2v) is 3.30. The van der Waals surface area contributed by atoms with Gasteiger partial charge in [0.1, 0.15) is 11.9 Å². The molecule has 1 aliphatic rings. The van der Waals surface area contributed by atoms with Crippen LogP contribution in [0.5, 0.6) is 5.75 Å². The highest BCUT2D eigenvalue weighted by atomic mass is 35.5. The predicted octanol–water partition coefficient (Wildman–Crippen LogP) is 3.13. The van der Waals surface area contributed by atoms with Gasteiger partial charge in [-0.25, -0.2) is 0 Å². The topological polar surface area (TPSA) is 9.23 Å². The molecule has 1 unspecified atom stereocenters. The van der Waals surface area contributed by atoms with Crippen molar-refractivity contribution in [3.05, 3.63) is 34.9 Å². The highest BCUT2D eigenvalue weighted by molar-refractivity contribution is 6.30. The number of hydrogen-bond acceptors (Lipinski definition) is 1. The zero-order chi connectivity index (χ0) is 8.55. The molecule has 0 aromatic heterocycles. The molecule has 0 fully saturated rings. The third kappa shape index (κ3) is 1.32. The molecule has 12 heavy (non-hydrogen) atoms. The summed E-state index contributed by atoms with van der Waals surface area (Å²) in [6, 6.07) is 5.64. The fourth-order valence-electron chi connectivity index (χ4n) is 1.24. The molecule has 2 rings (SSSR count). The minimum atomic E-state index is 0.165. The van der Waals surface area contributed by atoms with Crippen LogP contribution in [-0.2, 0) is 0 Å². The molecule has 0 N–H and O–H groups in total. The van der Waals surface area contributed by atoms with Gasteiger partial charge < -0.3 is 4.74 Å². The van der Waals surface area contributed by atoms with Gasteiger partial charge in [-0.3, -0.25) is 0 Å². The Labute approximate surface area is 76.6 Å². The molecule has 1 nitrogen and oxygen atoms in total. The molecule has 0 saturated carbocycles. The molecule has 62 valence electrons. The molecular weight excluding hydrogens is 172 g/mol. The van der Waals surface area contributed by atoms with Crippen molar-refractivity contribution in [1.29, 1.82) is 0 Å². The Balaban J connectivity index is 2.47. The van der Waals surface area contributed by atoms with Gasteiger partial charge in [0.2, 0.25) is 0 Å². The van der Waals surface area contributed by atoms with E-state index in [0.29, 0.717) is 0 Å². The largest absolute Gasteiger partial charge is 0.486 e. The molecule has 0 spiro atoms. The Morgan fingerprint density at radius 3 is 3.08 bits per heavy atom. The van der Waals surface area contributed by atoms with Crippen LogP contribution in [-0.4, -0.2) is 6.10 Å². The Bertz CT molecular complexity index is 331. The van der Waals surface area contributed by atoms with Gasteiger partial charge in [0.15, 0.2) is 0 Å². The van der Waals surface area contributed by atoms with E-state index in [1.54, 1.807) is 0 Å². The van der Waals surface area contributed by atoms with E-state index in [1.807, 2.05) is 37.3 Å². The second-order valence-electron chi connectivity index (χ2n) is 2.86. The van der Waals surface area contributed by atoms with Gasteiger partial charge in [-0.15, -0.1) is 0 Å². The summed E-state index contributed by atoms with van der Waals surface area (Å²) in [5.74, 6) is 0.911. The average Bonchev–Trinajstić information content (AvgIpc) is 2.05. The lowest BCUT2D eigenvalue weighted by molar-refractivity contribution is 0.266. The number of halogens is 1. The van der Waals surface area contributed by atoms with Crippen molar-refractivity contribution in [2.75, 3.05) is 0 Å². The first-order valence-electron chi connectivity index (χ1n) is 3.90. The first kappa shape index (κ1) is 7.69. The van der Waals surface area contributed by atoms with Crippen LogP contribution >= 0.6 is 11.6 Å². The molecule has 0 bridgehead atoms. The van der Waals surface area contributed by atoms with Crippen molar-refractivity contribution in [3.63, 3.8) is 0 Å². The number of rotatable bonds is 0. The van der Waals surface area contributed by atoms with Gasteiger partial charge >= 0.3 is 0 Å². The first-order valence-corrected chi connectivity index (χ1v) is 4.28. The molecule has 1 atom stereocenters. The van der Waals surface area contributed by atoms with Crippen molar-refractivity contribution >= 4 is 17.7 Å². The predicted molar refractivity (Wildman–Crippen MR) is 50.6 cm³/mol. The normalized spacial score (nSPS) is 20.0. The minimum absolute atomic E-state index is 0.165. The fraction of sp³-hybridized carbons (Fsp3) is 0.200. The Morgan fingerprint density at radius 1 is 1.42 bits per heavy atom. The van der Waals surface area contributed by atoms with Crippen LogP contribution in [0, 0.1) is 0 Å². The first-order chi connectivity index (χ1) is 5.75. The van der Waals surface area contributed by atoms with Gasteiger partial charge in [-0.05, 0) is 31.2 Å². The zero-order valence-electron chi connectivity index (χ0n) is 6.75. The molecular formula is C10H9ClO. The lowest BCUT2D eigenvalue weighted by Gasteiger charge is -2.17. The van der Waals surface area contributed by atoms with Gasteiger partial charge in [-0.1, -0.05) is 17.7 Å². The van der Waals surface area contributed by atoms with Crippen LogP contribution in [0.2, 0.25) is 5.02 Å². The van der Waals surface area contributed by atoms with Crippen molar-refractivity contribution in [1.82, 2.24) is 0 Å². The molecule has 1 aromatic rings. The maximum Gasteiger partial charge on any atom is 0.127 e. The molecule has 0 amide bonds. The van der Waals surface area contributed by atoms with Crippen molar-refractivity contribution in [2.24, 2.45) is 0 Å². The smallest absolute Gasteiger partial charge is 0.127 e.